The lowest BCUT2D eigenvalue weighted by atomic mass is 9.77. The molecular weight excluding hydrogens is 1220 g/mol. The number of rotatable bonds is 10. The number of nitrogens with zero attached hydrogens (tertiary/aromatic N) is 3. The highest BCUT2D eigenvalue weighted by Gasteiger charge is 2.42. The first-order chi connectivity index (χ1) is 45.8. The predicted molar refractivity (Wildman–Crippen MR) is 412 cm³/mol. The third-order valence-corrected chi connectivity index (χ3v) is 19.4. The van der Waals surface area contributed by atoms with Crippen molar-refractivity contribution in [3.8, 4) is 0 Å². The van der Waals surface area contributed by atoms with E-state index in [1.54, 1.807) is 11.6 Å². The number of alkyl halides is 6. The first-order valence-corrected chi connectivity index (χ1v) is 37.5. The molecule has 0 radical (unpaired) electrons. The highest BCUT2D eigenvalue weighted by Crippen LogP contribution is 2.42. The van der Waals surface area contributed by atoms with Gasteiger partial charge in [-0.25, -0.2) is 0 Å². The second-order valence-electron chi connectivity index (χ2n) is 31.3. The first kappa shape index (κ1) is 88.5. The van der Waals surface area contributed by atoms with E-state index in [4.69, 9.17) is 0 Å². The fraction of sp³-hybridized carbons (Fsp3) is 0.596. The smallest absolute Gasteiger partial charge is 0.301 e. The Bertz CT molecular complexity index is 2690. The summed E-state index contributed by atoms with van der Waals surface area (Å²) in [6.07, 6.45) is 6.52. The number of piperidine rings is 1. The summed E-state index contributed by atoms with van der Waals surface area (Å²) in [6, 6.07) is 44.4. The maximum Gasteiger partial charge on any atom is 0.392 e. The van der Waals surface area contributed by atoms with E-state index in [2.05, 4.69) is 282 Å². The average Bonchev–Trinajstić information content (AvgIpc) is 1.63. The molecule has 2 saturated carbocycles. The van der Waals surface area contributed by atoms with E-state index >= 15 is 0 Å². The number of hydrogen-bond donors (Lipinski definition) is 0. The summed E-state index contributed by atoms with van der Waals surface area (Å²) in [5.74, 6) is 4.94. The molecule has 0 bridgehead atoms. The van der Waals surface area contributed by atoms with Gasteiger partial charge in [0, 0.05) is 29.8 Å². The van der Waals surface area contributed by atoms with Crippen LogP contribution in [0.1, 0.15) is 311 Å². The highest BCUT2D eigenvalue weighted by molar-refractivity contribution is 5.30. The molecule has 9 heteroatoms. The standard InChI is InChI=1S/C12H16.C10H17F3.C10H15F3.3C10H14.C9H19N.2C9H13N/c1-9(2)10-3-5-11(6-4-10)12-7-8-12;2*1-7(2)8-3-5-9(6-4-8)10(11,12)13;4*1-8(2)10-6-4-9(3)5-7-10;1-7(2)9-5-4-8(3)10-6-9;1-7(2)9-5-4-8(3)6-10-9/h3-6,9,12H,7-8H2,1-2H3;7-9H,3-6H2,1-2H3;3,7,9H,4-6H2,1-2H3;3*4-8H,1-3H3;8-9H,4-7H2,1-3H3;2*4-7H,1-3H3. The van der Waals surface area contributed by atoms with E-state index in [0.29, 0.717) is 72.5 Å². The van der Waals surface area contributed by atoms with Crippen molar-refractivity contribution < 1.29 is 26.3 Å². The largest absolute Gasteiger partial charge is 0.392 e. The van der Waals surface area contributed by atoms with Crippen molar-refractivity contribution in [3.63, 3.8) is 0 Å². The maximum atomic E-state index is 12.3. The van der Waals surface area contributed by atoms with Crippen LogP contribution in [-0.2, 0) is 0 Å². The van der Waals surface area contributed by atoms with E-state index in [1.807, 2.05) is 33.2 Å². The number of hydrogen-bond acceptors (Lipinski definition) is 3. The highest BCUT2D eigenvalue weighted by atomic mass is 19.4. The third-order valence-electron chi connectivity index (χ3n) is 19.4. The Morgan fingerprint density at radius 2 is 0.765 bits per heavy atom. The Morgan fingerprint density at radius 3 is 1.05 bits per heavy atom. The molecule has 1 unspecified atom stereocenters. The number of allylic oxidation sites excluding steroid dienone is 2. The SMILES string of the molecule is CC(C)C1=CCC(C(F)(F)F)CC1.CC(C)C1CCC(C(F)(F)F)CC1.CC(C)c1ccc(C2CC2)cc1.CC1CCN(C(C)C)CC1.Cc1ccc(C(C)C)cc1.Cc1ccc(C(C)C)cc1.Cc1ccc(C(C)C)cc1.Cc1ccc(C(C)C)cn1.Cc1ccc(C(C)C)nc1. The van der Waals surface area contributed by atoms with Crippen LogP contribution in [0.2, 0.25) is 0 Å². The van der Waals surface area contributed by atoms with E-state index in [1.165, 1.54) is 100 Å². The van der Waals surface area contributed by atoms with E-state index < -0.39 is 24.2 Å². The molecule has 98 heavy (non-hydrogen) atoms. The van der Waals surface area contributed by atoms with Crippen molar-refractivity contribution in [1.82, 2.24) is 14.9 Å². The summed E-state index contributed by atoms with van der Waals surface area (Å²) < 4.78 is 73.5. The Labute approximate surface area is 595 Å². The van der Waals surface area contributed by atoms with Gasteiger partial charge in [0.2, 0.25) is 0 Å². The predicted octanol–water partition coefficient (Wildman–Crippen LogP) is 28.1. The molecule has 2 aromatic heterocycles. The van der Waals surface area contributed by atoms with Crippen LogP contribution in [-0.4, -0.2) is 46.4 Å². The lowest BCUT2D eigenvalue weighted by molar-refractivity contribution is -0.184. The average molecular weight is 1360 g/mol. The molecule has 4 aliphatic rings. The monoisotopic (exact) mass is 1360 g/mol. The lowest BCUT2D eigenvalue weighted by Gasteiger charge is -2.33. The van der Waals surface area contributed by atoms with Gasteiger partial charge in [-0.05, 0) is 248 Å². The Kier molecular flexibility index (Phi) is 41.0. The summed E-state index contributed by atoms with van der Waals surface area (Å²) in [5, 5.41) is 0. The van der Waals surface area contributed by atoms with Gasteiger partial charge in [0.05, 0.1) is 11.8 Å². The molecule has 6 aromatic rings. The van der Waals surface area contributed by atoms with Gasteiger partial charge in [-0.3, -0.25) is 9.97 Å². The fourth-order valence-corrected chi connectivity index (χ4v) is 11.4. The molecule has 3 fully saturated rings. The summed E-state index contributed by atoms with van der Waals surface area (Å²) in [6.45, 7) is 54.6. The Balaban J connectivity index is 0.000000376. The summed E-state index contributed by atoms with van der Waals surface area (Å²) >= 11 is 0. The topological polar surface area (TPSA) is 29.0 Å². The minimum Gasteiger partial charge on any atom is -0.301 e. The van der Waals surface area contributed by atoms with Crippen LogP contribution in [0, 0.1) is 70.1 Å². The number of benzene rings is 4. The normalized spacial score (nSPS) is 17.2. The van der Waals surface area contributed by atoms with Crippen LogP contribution >= 0.6 is 0 Å². The zero-order valence-corrected chi connectivity index (χ0v) is 65.7. The van der Waals surface area contributed by atoms with Crippen molar-refractivity contribution in [1.29, 1.82) is 0 Å². The maximum absolute atomic E-state index is 12.3. The molecule has 0 N–H and O–H groups in total. The molecule has 1 atom stereocenters. The molecule has 0 amide bonds. The van der Waals surface area contributed by atoms with E-state index in [0.717, 1.165) is 36.4 Å². The molecule has 3 heterocycles. The van der Waals surface area contributed by atoms with Crippen molar-refractivity contribution >= 4 is 0 Å². The lowest BCUT2D eigenvalue weighted by Crippen LogP contribution is -2.37. The van der Waals surface area contributed by atoms with Crippen LogP contribution < -0.4 is 0 Å². The van der Waals surface area contributed by atoms with Gasteiger partial charge in [0.25, 0.3) is 0 Å². The number of halogens is 6. The minimum absolute atomic E-state index is 0.178. The number of aromatic nitrogens is 2. The minimum atomic E-state index is -4.00. The van der Waals surface area contributed by atoms with Gasteiger partial charge in [0.1, 0.15) is 0 Å². The zero-order chi connectivity index (χ0) is 74.0. The molecule has 1 saturated heterocycles. The molecule has 3 aliphatic carbocycles. The number of aryl methyl sites for hydroxylation is 5. The fourth-order valence-electron chi connectivity index (χ4n) is 11.4. The van der Waals surface area contributed by atoms with Gasteiger partial charge >= 0.3 is 12.4 Å². The molecular formula is C89H135F6N3. The van der Waals surface area contributed by atoms with E-state index in [-0.39, 0.29) is 12.8 Å². The van der Waals surface area contributed by atoms with Crippen LogP contribution in [0.4, 0.5) is 26.3 Å². The summed E-state index contributed by atoms with van der Waals surface area (Å²) in [7, 11) is 0. The van der Waals surface area contributed by atoms with Crippen LogP contribution in [0.3, 0.4) is 0 Å². The summed E-state index contributed by atoms with van der Waals surface area (Å²) in [4.78, 5) is 11.0. The van der Waals surface area contributed by atoms with Crippen molar-refractivity contribution in [3.05, 3.63) is 212 Å². The van der Waals surface area contributed by atoms with Crippen molar-refractivity contribution in [2.45, 2.75) is 297 Å². The van der Waals surface area contributed by atoms with Gasteiger partial charge in [-0.2, -0.15) is 26.3 Å². The van der Waals surface area contributed by atoms with Gasteiger partial charge in [0.15, 0.2) is 0 Å². The van der Waals surface area contributed by atoms with Gasteiger partial charge in [-0.1, -0.05) is 255 Å². The van der Waals surface area contributed by atoms with Crippen molar-refractivity contribution in [2.75, 3.05) is 13.1 Å². The zero-order valence-electron chi connectivity index (χ0n) is 65.7. The Hall–Kier alpha value is -5.54. The van der Waals surface area contributed by atoms with Crippen LogP contribution in [0.25, 0.3) is 0 Å². The molecule has 548 valence electrons. The molecule has 4 aromatic carbocycles. The first-order valence-electron chi connectivity index (χ1n) is 37.5. The van der Waals surface area contributed by atoms with Crippen LogP contribution in [0.5, 0.6) is 0 Å². The van der Waals surface area contributed by atoms with Gasteiger partial charge in [-0.15, -0.1) is 0 Å². The second-order valence-corrected chi connectivity index (χ2v) is 31.3. The van der Waals surface area contributed by atoms with Gasteiger partial charge < -0.3 is 4.90 Å². The number of pyridine rings is 2. The molecule has 1 aliphatic heterocycles. The Morgan fingerprint density at radius 1 is 0.378 bits per heavy atom. The molecule has 3 nitrogen and oxygen atoms in total. The second kappa shape index (κ2) is 45.4. The summed E-state index contributed by atoms with van der Waals surface area (Å²) in [5.41, 5.74) is 17.3. The third kappa shape index (κ3) is 37.2. The quantitative estimate of drug-likeness (QED) is 0.101. The van der Waals surface area contributed by atoms with Crippen molar-refractivity contribution in [2.24, 2.45) is 35.5 Å². The molecule has 10 rings (SSSR count). The number of likely N-dealkylation sites (tertiary alicyclic amines) is 1. The van der Waals surface area contributed by atoms with E-state index in [9.17, 15) is 26.3 Å². The molecule has 0 spiro atoms. The van der Waals surface area contributed by atoms with Crippen LogP contribution in [0.15, 0.2) is 145 Å².